The lowest BCUT2D eigenvalue weighted by Gasteiger charge is -2.10. The lowest BCUT2D eigenvalue weighted by molar-refractivity contribution is 0.273. The third-order valence-corrected chi connectivity index (χ3v) is 2.48. The van der Waals surface area contributed by atoms with Crippen molar-refractivity contribution in [2.45, 2.75) is 27.4 Å². The summed E-state index contributed by atoms with van der Waals surface area (Å²) in [7, 11) is 0. The highest BCUT2D eigenvalue weighted by atomic mass is 16.5. The van der Waals surface area contributed by atoms with Gasteiger partial charge in [0, 0.05) is 23.0 Å². The number of aromatic amines is 1. The van der Waals surface area contributed by atoms with Gasteiger partial charge in [-0.05, 0) is 32.4 Å². The van der Waals surface area contributed by atoms with Crippen LogP contribution >= 0.6 is 0 Å². The summed E-state index contributed by atoms with van der Waals surface area (Å²) in [5.41, 5.74) is 3.41. The molecule has 0 saturated carbocycles. The van der Waals surface area contributed by atoms with E-state index in [4.69, 9.17) is 4.74 Å². The van der Waals surface area contributed by atoms with Crippen LogP contribution in [0.25, 0.3) is 0 Å². The van der Waals surface area contributed by atoms with Crippen LogP contribution in [0, 0.1) is 20.8 Å². The highest BCUT2D eigenvalue weighted by Crippen LogP contribution is 2.25. The van der Waals surface area contributed by atoms with Crippen molar-refractivity contribution < 1.29 is 9.84 Å². The highest BCUT2D eigenvalue weighted by Gasteiger charge is 2.11. The number of aryl methyl sites for hydroxylation is 3. The minimum absolute atomic E-state index is 0.0994. The molecule has 2 aromatic rings. The molecule has 90 valence electrons. The Morgan fingerprint density at radius 1 is 1.29 bits per heavy atom. The van der Waals surface area contributed by atoms with Gasteiger partial charge in [-0.1, -0.05) is 0 Å². The van der Waals surface area contributed by atoms with Crippen molar-refractivity contribution in [1.82, 2.24) is 15.2 Å². The standard InChI is InChI=1S/C12H15N3O2/c1-7-4-8(2)13-12(10(7)6-16)17-11-5-9(3)14-15-11/h4-5,16H,6H2,1-3H3,(H,14,15). The number of aliphatic hydroxyl groups is 1. The molecule has 2 rings (SSSR count). The van der Waals surface area contributed by atoms with Crippen LogP contribution < -0.4 is 4.74 Å². The first-order chi connectivity index (χ1) is 8.10. The molecule has 0 saturated heterocycles. The molecule has 0 atom stereocenters. The maximum absolute atomic E-state index is 9.33. The molecule has 0 bridgehead atoms. The zero-order valence-electron chi connectivity index (χ0n) is 10.1. The van der Waals surface area contributed by atoms with Crippen molar-refractivity contribution in [3.63, 3.8) is 0 Å². The van der Waals surface area contributed by atoms with Crippen LogP contribution in [-0.2, 0) is 6.61 Å². The first-order valence-electron chi connectivity index (χ1n) is 5.38. The summed E-state index contributed by atoms with van der Waals surface area (Å²) in [6.07, 6.45) is 0. The predicted octanol–water partition coefficient (Wildman–Crippen LogP) is 2.01. The van der Waals surface area contributed by atoms with Crippen molar-refractivity contribution in [2.75, 3.05) is 0 Å². The number of nitrogens with zero attached hydrogens (tertiary/aromatic N) is 2. The predicted molar refractivity (Wildman–Crippen MR) is 63.0 cm³/mol. The molecule has 0 amide bonds. The van der Waals surface area contributed by atoms with Crippen LogP contribution in [0.2, 0.25) is 0 Å². The maximum atomic E-state index is 9.33. The molecule has 2 N–H and O–H groups in total. The number of hydrogen-bond donors (Lipinski definition) is 2. The van der Waals surface area contributed by atoms with Gasteiger partial charge in [-0.15, -0.1) is 5.10 Å². The smallest absolute Gasteiger partial charge is 0.240 e. The Hall–Kier alpha value is -1.88. The van der Waals surface area contributed by atoms with Crippen LogP contribution in [0.3, 0.4) is 0 Å². The summed E-state index contributed by atoms with van der Waals surface area (Å²) in [5.74, 6) is 0.867. The third-order valence-electron chi connectivity index (χ3n) is 2.48. The van der Waals surface area contributed by atoms with Crippen molar-refractivity contribution in [2.24, 2.45) is 0 Å². The molecule has 0 fully saturated rings. The Labute approximate surface area is 99.5 Å². The van der Waals surface area contributed by atoms with Crippen LogP contribution in [0.4, 0.5) is 0 Å². The molecule has 2 heterocycles. The quantitative estimate of drug-likeness (QED) is 0.850. The van der Waals surface area contributed by atoms with E-state index in [9.17, 15) is 5.11 Å². The second kappa shape index (κ2) is 4.55. The third kappa shape index (κ3) is 2.45. The fourth-order valence-electron chi connectivity index (χ4n) is 1.65. The Morgan fingerprint density at radius 3 is 2.65 bits per heavy atom. The van der Waals surface area contributed by atoms with Crippen molar-refractivity contribution in [3.05, 3.63) is 34.6 Å². The molecule has 0 aliphatic heterocycles. The average Bonchev–Trinajstić information content (AvgIpc) is 2.63. The molecule has 0 aromatic carbocycles. The number of aliphatic hydroxyl groups excluding tert-OH is 1. The van der Waals surface area contributed by atoms with Gasteiger partial charge in [-0.25, -0.2) is 4.98 Å². The van der Waals surface area contributed by atoms with Gasteiger partial charge in [0.05, 0.1) is 6.61 Å². The number of hydrogen-bond acceptors (Lipinski definition) is 4. The van der Waals surface area contributed by atoms with Crippen LogP contribution in [-0.4, -0.2) is 20.3 Å². The molecule has 0 aliphatic rings. The Kier molecular flexibility index (Phi) is 3.10. The van der Waals surface area contributed by atoms with E-state index in [1.165, 1.54) is 0 Å². The largest absolute Gasteiger partial charge is 0.419 e. The van der Waals surface area contributed by atoms with Gasteiger partial charge in [0.25, 0.3) is 0 Å². The van der Waals surface area contributed by atoms with E-state index in [1.54, 1.807) is 6.07 Å². The van der Waals surface area contributed by atoms with Crippen molar-refractivity contribution >= 4 is 0 Å². The number of rotatable bonds is 3. The fraction of sp³-hybridized carbons (Fsp3) is 0.333. The molecule has 2 aromatic heterocycles. The monoisotopic (exact) mass is 233 g/mol. The molecule has 5 nitrogen and oxygen atoms in total. The van der Waals surface area contributed by atoms with E-state index in [0.717, 1.165) is 17.0 Å². The molecule has 0 unspecified atom stereocenters. The Balaban J connectivity index is 2.37. The zero-order valence-corrected chi connectivity index (χ0v) is 10.1. The SMILES string of the molecule is Cc1cc(C)c(CO)c(Oc2cc(C)[nH]n2)n1. The minimum Gasteiger partial charge on any atom is -0.419 e. The van der Waals surface area contributed by atoms with Gasteiger partial charge in [0.15, 0.2) is 0 Å². The molecule has 0 radical (unpaired) electrons. The van der Waals surface area contributed by atoms with Gasteiger partial charge < -0.3 is 9.84 Å². The zero-order chi connectivity index (χ0) is 12.4. The summed E-state index contributed by atoms with van der Waals surface area (Å²) in [4.78, 5) is 4.27. The number of aromatic nitrogens is 3. The topological polar surface area (TPSA) is 71.0 Å². The van der Waals surface area contributed by atoms with E-state index in [0.29, 0.717) is 17.3 Å². The maximum Gasteiger partial charge on any atom is 0.240 e. The second-order valence-electron chi connectivity index (χ2n) is 4.01. The average molecular weight is 233 g/mol. The van der Waals surface area contributed by atoms with E-state index in [2.05, 4.69) is 15.2 Å². The summed E-state index contributed by atoms with van der Waals surface area (Å²) in [5, 5.41) is 16.1. The number of H-pyrrole nitrogens is 1. The first-order valence-corrected chi connectivity index (χ1v) is 5.38. The van der Waals surface area contributed by atoms with Crippen LogP contribution in [0.15, 0.2) is 12.1 Å². The van der Waals surface area contributed by atoms with Crippen molar-refractivity contribution in [1.29, 1.82) is 0 Å². The summed E-state index contributed by atoms with van der Waals surface area (Å²) in [6, 6.07) is 3.69. The van der Waals surface area contributed by atoms with Gasteiger partial charge in [0.1, 0.15) is 0 Å². The second-order valence-corrected chi connectivity index (χ2v) is 4.01. The lowest BCUT2D eigenvalue weighted by atomic mass is 10.1. The normalized spacial score (nSPS) is 10.6. The molecular formula is C12H15N3O2. The van der Waals surface area contributed by atoms with E-state index in [1.807, 2.05) is 26.8 Å². The van der Waals surface area contributed by atoms with E-state index < -0.39 is 0 Å². The van der Waals surface area contributed by atoms with Gasteiger partial charge >= 0.3 is 0 Å². The summed E-state index contributed by atoms with van der Waals surface area (Å²) < 4.78 is 5.57. The van der Waals surface area contributed by atoms with Crippen molar-refractivity contribution in [3.8, 4) is 11.8 Å². The Bertz CT molecular complexity index is 535. The van der Waals surface area contributed by atoms with Crippen LogP contribution in [0.1, 0.15) is 22.5 Å². The summed E-state index contributed by atoms with van der Waals surface area (Å²) >= 11 is 0. The highest BCUT2D eigenvalue weighted by molar-refractivity contribution is 5.37. The molecule has 0 spiro atoms. The lowest BCUT2D eigenvalue weighted by Crippen LogP contribution is -1.99. The van der Waals surface area contributed by atoms with Gasteiger partial charge in [-0.3, -0.25) is 5.10 Å². The first kappa shape index (κ1) is 11.6. The van der Waals surface area contributed by atoms with Gasteiger partial charge in [-0.2, -0.15) is 0 Å². The Morgan fingerprint density at radius 2 is 2.06 bits per heavy atom. The number of ether oxygens (including phenoxy) is 1. The fourth-order valence-corrected chi connectivity index (χ4v) is 1.65. The molecular weight excluding hydrogens is 218 g/mol. The molecule has 5 heteroatoms. The van der Waals surface area contributed by atoms with E-state index >= 15 is 0 Å². The molecule has 0 aliphatic carbocycles. The number of pyridine rings is 1. The number of nitrogens with one attached hydrogen (secondary N) is 1. The summed E-state index contributed by atoms with van der Waals surface area (Å²) in [6.45, 7) is 5.60. The molecule has 17 heavy (non-hydrogen) atoms. The minimum atomic E-state index is -0.0994. The van der Waals surface area contributed by atoms with Crippen LogP contribution in [0.5, 0.6) is 11.8 Å². The van der Waals surface area contributed by atoms with Gasteiger partial charge in [0.2, 0.25) is 11.8 Å². The van der Waals surface area contributed by atoms with E-state index in [-0.39, 0.29) is 6.61 Å².